The van der Waals surface area contributed by atoms with Gasteiger partial charge in [-0.15, -0.1) is 0 Å². The highest BCUT2D eigenvalue weighted by Gasteiger charge is 2.10. The smallest absolute Gasteiger partial charge is 0.256 e. The molecular weight excluding hydrogens is 247 g/mol. The molecule has 0 unspecified atom stereocenters. The summed E-state index contributed by atoms with van der Waals surface area (Å²) in [5.74, 6) is -0.473. The van der Waals surface area contributed by atoms with Gasteiger partial charge < -0.3 is 11.1 Å². The monoisotopic (exact) mass is 262 g/mol. The molecule has 4 N–H and O–H groups in total. The number of amides is 1. The molecule has 1 amide bonds. The Morgan fingerprint density at radius 3 is 2.95 bits per heavy atom. The van der Waals surface area contributed by atoms with Crippen LogP contribution in [0.5, 0.6) is 0 Å². The van der Waals surface area contributed by atoms with E-state index in [1.54, 1.807) is 6.07 Å². The molecule has 0 aliphatic carbocycles. The Balaban J connectivity index is 2.09. The molecule has 0 atom stereocenters. The average Bonchev–Trinajstić information content (AvgIpc) is 2.80. The first-order valence-electron chi connectivity index (χ1n) is 6.01. The second kappa shape index (κ2) is 5.51. The van der Waals surface area contributed by atoms with Crippen LogP contribution >= 0.6 is 0 Å². The van der Waals surface area contributed by atoms with Gasteiger partial charge in [-0.1, -0.05) is 13.3 Å². The molecule has 1 aromatic heterocycles. The molecular formula is C13H15FN4O. The number of aromatic amines is 1. The van der Waals surface area contributed by atoms with Crippen LogP contribution in [0.1, 0.15) is 29.4 Å². The molecule has 1 heterocycles. The minimum absolute atomic E-state index is 0.0543. The van der Waals surface area contributed by atoms with Crippen molar-refractivity contribution in [3.05, 3.63) is 41.3 Å². The molecule has 0 saturated heterocycles. The number of hydrogen-bond donors (Lipinski definition) is 3. The quantitative estimate of drug-likeness (QED) is 0.739. The molecule has 0 fully saturated rings. The van der Waals surface area contributed by atoms with Crippen LogP contribution < -0.4 is 11.1 Å². The van der Waals surface area contributed by atoms with Crippen LogP contribution in [0.4, 0.5) is 15.9 Å². The Labute approximate surface area is 110 Å². The summed E-state index contributed by atoms with van der Waals surface area (Å²) in [6, 6.07) is 5.61. The highest BCUT2D eigenvalue weighted by molar-refractivity contribution is 6.04. The number of halogens is 1. The van der Waals surface area contributed by atoms with E-state index in [0.29, 0.717) is 11.4 Å². The maximum absolute atomic E-state index is 13.0. The van der Waals surface area contributed by atoms with Gasteiger partial charge >= 0.3 is 0 Å². The van der Waals surface area contributed by atoms with Crippen molar-refractivity contribution >= 4 is 17.4 Å². The molecule has 0 bridgehead atoms. The van der Waals surface area contributed by atoms with Crippen molar-refractivity contribution in [1.82, 2.24) is 10.2 Å². The van der Waals surface area contributed by atoms with Gasteiger partial charge in [0.05, 0.1) is 5.69 Å². The number of aryl methyl sites for hydroxylation is 1. The van der Waals surface area contributed by atoms with Crippen LogP contribution in [0.25, 0.3) is 0 Å². The van der Waals surface area contributed by atoms with Crippen molar-refractivity contribution in [2.75, 3.05) is 11.1 Å². The van der Waals surface area contributed by atoms with Crippen molar-refractivity contribution in [3.8, 4) is 0 Å². The van der Waals surface area contributed by atoms with E-state index >= 15 is 0 Å². The number of aromatic nitrogens is 2. The van der Waals surface area contributed by atoms with Crippen molar-refractivity contribution in [2.24, 2.45) is 0 Å². The van der Waals surface area contributed by atoms with Crippen LogP contribution in [0.3, 0.4) is 0 Å². The Kier molecular flexibility index (Phi) is 3.79. The van der Waals surface area contributed by atoms with E-state index in [1.165, 1.54) is 12.1 Å². The normalized spacial score (nSPS) is 10.4. The summed E-state index contributed by atoms with van der Waals surface area (Å²) in [5.41, 5.74) is 6.61. The maximum atomic E-state index is 13.0. The molecule has 0 aliphatic heterocycles. The summed E-state index contributed by atoms with van der Waals surface area (Å²) < 4.78 is 13.0. The van der Waals surface area contributed by atoms with Gasteiger partial charge in [-0.25, -0.2) is 4.39 Å². The number of nitrogen functional groups attached to an aromatic ring is 1. The highest BCUT2D eigenvalue weighted by Crippen LogP contribution is 2.14. The standard InChI is InChI=1S/C13H15FN4O/c1-2-3-9-7-12(18-17-9)16-13(19)8-4-5-10(14)11(15)6-8/h4-7H,2-3,15H2,1H3,(H2,16,17,18,19). The molecule has 0 spiro atoms. The molecule has 1 aromatic carbocycles. The van der Waals surface area contributed by atoms with Gasteiger partial charge in [-0.3, -0.25) is 9.89 Å². The van der Waals surface area contributed by atoms with Crippen molar-refractivity contribution in [2.45, 2.75) is 19.8 Å². The third-order valence-corrected chi connectivity index (χ3v) is 2.65. The minimum atomic E-state index is -0.540. The number of rotatable bonds is 4. The average molecular weight is 262 g/mol. The summed E-state index contributed by atoms with van der Waals surface area (Å²) in [7, 11) is 0. The van der Waals surface area contributed by atoms with E-state index in [-0.39, 0.29) is 11.6 Å². The number of benzene rings is 1. The lowest BCUT2D eigenvalue weighted by Gasteiger charge is -2.03. The second-order valence-electron chi connectivity index (χ2n) is 4.22. The molecule has 2 aromatic rings. The van der Waals surface area contributed by atoms with Gasteiger partial charge in [0, 0.05) is 17.3 Å². The van der Waals surface area contributed by atoms with E-state index in [4.69, 9.17) is 5.73 Å². The Bertz CT molecular complexity index is 594. The maximum Gasteiger partial charge on any atom is 0.256 e. The van der Waals surface area contributed by atoms with E-state index in [0.717, 1.165) is 24.6 Å². The predicted molar refractivity (Wildman–Crippen MR) is 71.3 cm³/mol. The van der Waals surface area contributed by atoms with E-state index in [2.05, 4.69) is 22.4 Å². The molecule has 100 valence electrons. The molecule has 19 heavy (non-hydrogen) atoms. The van der Waals surface area contributed by atoms with Crippen LogP contribution in [-0.2, 0) is 6.42 Å². The highest BCUT2D eigenvalue weighted by atomic mass is 19.1. The molecule has 0 radical (unpaired) electrons. The number of carbonyl (C=O) groups excluding carboxylic acids is 1. The summed E-state index contributed by atoms with van der Waals surface area (Å²) in [4.78, 5) is 11.9. The van der Waals surface area contributed by atoms with Crippen LogP contribution in [-0.4, -0.2) is 16.1 Å². The number of carbonyl (C=O) groups is 1. The first kappa shape index (κ1) is 13.1. The minimum Gasteiger partial charge on any atom is -0.396 e. The zero-order valence-corrected chi connectivity index (χ0v) is 10.5. The number of nitrogens with zero attached hydrogens (tertiary/aromatic N) is 1. The fourth-order valence-corrected chi connectivity index (χ4v) is 1.70. The summed E-state index contributed by atoms with van der Waals surface area (Å²) >= 11 is 0. The number of H-pyrrole nitrogens is 1. The second-order valence-corrected chi connectivity index (χ2v) is 4.22. The number of hydrogen-bond acceptors (Lipinski definition) is 3. The summed E-state index contributed by atoms with van der Waals surface area (Å²) in [5, 5.41) is 9.44. The van der Waals surface area contributed by atoms with Crippen molar-refractivity contribution in [1.29, 1.82) is 0 Å². The van der Waals surface area contributed by atoms with Gasteiger partial charge in [0.2, 0.25) is 0 Å². The topological polar surface area (TPSA) is 83.8 Å². The number of anilines is 2. The van der Waals surface area contributed by atoms with Crippen LogP contribution in [0.2, 0.25) is 0 Å². The fourth-order valence-electron chi connectivity index (χ4n) is 1.70. The molecule has 0 saturated carbocycles. The SMILES string of the molecule is CCCc1cc(NC(=O)c2ccc(F)c(N)c2)n[nH]1. The van der Waals surface area contributed by atoms with E-state index in [9.17, 15) is 9.18 Å². The van der Waals surface area contributed by atoms with E-state index in [1.807, 2.05) is 0 Å². The van der Waals surface area contributed by atoms with Gasteiger partial charge in [0.15, 0.2) is 5.82 Å². The van der Waals surface area contributed by atoms with Crippen molar-refractivity contribution in [3.63, 3.8) is 0 Å². The van der Waals surface area contributed by atoms with Gasteiger partial charge in [0.1, 0.15) is 5.82 Å². The zero-order valence-electron chi connectivity index (χ0n) is 10.5. The van der Waals surface area contributed by atoms with Crippen LogP contribution in [0, 0.1) is 5.82 Å². The third kappa shape index (κ3) is 3.09. The predicted octanol–water partition coefficient (Wildman–Crippen LogP) is 2.34. The third-order valence-electron chi connectivity index (χ3n) is 2.65. The molecule has 2 rings (SSSR count). The summed E-state index contributed by atoms with van der Waals surface area (Å²) in [6.07, 6.45) is 1.86. The molecule has 6 heteroatoms. The fraction of sp³-hybridized carbons (Fsp3) is 0.231. The lowest BCUT2D eigenvalue weighted by molar-refractivity contribution is 0.102. The van der Waals surface area contributed by atoms with Gasteiger partial charge in [0.25, 0.3) is 5.91 Å². The van der Waals surface area contributed by atoms with E-state index < -0.39 is 5.82 Å². The first-order valence-corrected chi connectivity index (χ1v) is 6.01. The Morgan fingerprint density at radius 2 is 2.26 bits per heavy atom. The zero-order chi connectivity index (χ0) is 13.8. The van der Waals surface area contributed by atoms with Crippen molar-refractivity contribution < 1.29 is 9.18 Å². The van der Waals surface area contributed by atoms with Crippen LogP contribution in [0.15, 0.2) is 24.3 Å². The first-order chi connectivity index (χ1) is 9.10. The number of nitrogens with one attached hydrogen (secondary N) is 2. The lowest BCUT2D eigenvalue weighted by atomic mass is 10.2. The Hall–Kier alpha value is -2.37. The molecule has 5 nitrogen and oxygen atoms in total. The summed E-state index contributed by atoms with van der Waals surface area (Å²) in [6.45, 7) is 2.06. The van der Waals surface area contributed by atoms with Gasteiger partial charge in [-0.2, -0.15) is 5.10 Å². The lowest BCUT2D eigenvalue weighted by Crippen LogP contribution is -2.12. The number of nitrogens with two attached hydrogens (primary N) is 1. The Morgan fingerprint density at radius 1 is 1.47 bits per heavy atom. The largest absolute Gasteiger partial charge is 0.396 e. The molecule has 0 aliphatic rings. The van der Waals surface area contributed by atoms with Gasteiger partial charge in [-0.05, 0) is 24.6 Å².